The molecule has 1 fully saturated rings. The second-order valence-electron chi connectivity index (χ2n) is 6.35. The Morgan fingerprint density at radius 2 is 2.26 bits per heavy atom. The Labute approximate surface area is 136 Å². The van der Waals surface area contributed by atoms with E-state index >= 15 is 0 Å². The van der Waals surface area contributed by atoms with Gasteiger partial charge in [-0.2, -0.15) is 15.3 Å². The molecular weight excluding hydrogens is 292 g/mol. The van der Waals surface area contributed by atoms with Crippen molar-refractivity contribution in [1.82, 2.24) is 19.7 Å². The fraction of sp³-hybridized carbons (Fsp3) is 0.688. The number of rotatable bonds is 7. The summed E-state index contributed by atoms with van der Waals surface area (Å²) >= 11 is 0. The van der Waals surface area contributed by atoms with Crippen molar-refractivity contribution in [2.24, 2.45) is 16.1 Å². The highest BCUT2D eigenvalue weighted by atomic mass is 16.2. The molecule has 23 heavy (non-hydrogen) atoms. The molecule has 0 radical (unpaired) electrons. The monoisotopic (exact) mass is 314 g/mol. The Hall–Kier alpha value is -2.23. The number of nitrogens with zero attached hydrogens (tertiary/aromatic N) is 6. The standard InChI is InChI=1S/C16H22N6O/c1-2-3-7-16(19-20-16)8-6-15(23)21-9-4-5-14(10-21)11-22-13-17-12-18-22/h1,12-14H,3-11H2. The first kappa shape index (κ1) is 15.7. The Morgan fingerprint density at radius 1 is 1.39 bits per heavy atom. The Bertz CT molecular complexity index is 597. The van der Waals surface area contributed by atoms with Gasteiger partial charge in [-0.15, -0.1) is 12.3 Å². The summed E-state index contributed by atoms with van der Waals surface area (Å²) in [7, 11) is 0. The molecule has 3 rings (SSSR count). The van der Waals surface area contributed by atoms with Crippen LogP contribution in [0.3, 0.4) is 0 Å². The maximum absolute atomic E-state index is 12.5. The van der Waals surface area contributed by atoms with Gasteiger partial charge in [0.1, 0.15) is 12.7 Å². The van der Waals surface area contributed by atoms with E-state index in [4.69, 9.17) is 6.42 Å². The largest absolute Gasteiger partial charge is 0.342 e. The van der Waals surface area contributed by atoms with Gasteiger partial charge in [-0.05, 0) is 18.8 Å². The van der Waals surface area contributed by atoms with E-state index < -0.39 is 0 Å². The number of terminal acetylenes is 1. The third-order valence-electron chi connectivity index (χ3n) is 4.58. The molecule has 122 valence electrons. The molecule has 3 heterocycles. The van der Waals surface area contributed by atoms with Crippen LogP contribution in [0, 0.1) is 18.3 Å². The molecule has 0 spiro atoms. The SMILES string of the molecule is C#CCCC1(CCC(=O)N2CCCC(Cn3cncn3)C2)N=N1. The highest BCUT2D eigenvalue weighted by molar-refractivity contribution is 5.76. The molecule has 7 heteroatoms. The summed E-state index contributed by atoms with van der Waals surface area (Å²) in [6, 6.07) is 0. The van der Waals surface area contributed by atoms with Crippen LogP contribution in [0.2, 0.25) is 0 Å². The zero-order chi connectivity index (χ0) is 16.1. The van der Waals surface area contributed by atoms with Gasteiger partial charge in [0.15, 0.2) is 5.66 Å². The molecule has 2 aliphatic heterocycles. The number of likely N-dealkylation sites (tertiary alicyclic amines) is 1. The van der Waals surface area contributed by atoms with Gasteiger partial charge >= 0.3 is 0 Å². The Morgan fingerprint density at radius 3 is 2.96 bits per heavy atom. The lowest BCUT2D eigenvalue weighted by Gasteiger charge is -2.33. The van der Waals surface area contributed by atoms with Crippen LogP contribution in [-0.4, -0.2) is 44.3 Å². The molecule has 7 nitrogen and oxygen atoms in total. The molecule has 1 amide bonds. The fourth-order valence-electron chi connectivity index (χ4n) is 3.17. The molecule has 0 aliphatic carbocycles. The van der Waals surface area contributed by atoms with Gasteiger partial charge in [0.05, 0.1) is 0 Å². The number of carbonyl (C=O) groups excluding carboxylic acids is 1. The zero-order valence-electron chi connectivity index (χ0n) is 13.3. The number of carbonyl (C=O) groups is 1. The first-order valence-corrected chi connectivity index (χ1v) is 8.18. The van der Waals surface area contributed by atoms with Crippen molar-refractivity contribution in [1.29, 1.82) is 0 Å². The lowest BCUT2D eigenvalue weighted by Crippen LogP contribution is -2.41. The predicted molar refractivity (Wildman–Crippen MR) is 84.2 cm³/mol. The molecular formula is C16H22N6O. The lowest BCUT2D eigenvalue weighted by atomic mass is 9.96. The van der Waals surface area contributed by atoms with Crippen molar-refractivity contribution >= 4 is 5.91 Å². The summed E-state index contributed by atoms with van der Waals surface area (Å²) in [5.41, 5.74) is -0.363. The van der Waals surface area contributed by atoms with Gasteiger partial charge in [0.25, 0.3) is 0 Å². The van der Waals surface area contributed by atoms with Crippen molar-refractivity contribution < 1.29 is 4.79 Å². The molecule has 0 aromatic carbocycles. The quantitative estimate of drug-likeness (QED) is 0.721. The normalized spacial score (nSPS) is 21.9. The van der Waals surface area contributed by atoms with Crippen LogP contribution in [0.15, 0.2) is 22.9 Å². The summed E-state index contributed by atoms with van der Waals surface area (Å²) in [5, 5.41) is 12.3. The average molecular weight is 314 g/mol. The van der Waals surface area contributed by atoms with Crippen molar-refractivity contribution in [2.45, 2.75) is 50.7 Å². The number of piperidine rings is 1. The number of hydrogen-bond donors (Lipinski definition) is 0. The van der Waals surface area contributed by atoms with E-state index in [1.54, 1.807) is 12.7 Å². The third-order valence-corrected chi connectivity index (χ3v) is 4.58. The summed E-state index contributed by atoms with van der Waals surface area (Å²) in [4.78, 5) is 18.4. The molecule has 1 aromatic heterocycles. The van der Waals surface area contributed by atoms with Crippen molar-refractivity contribution in [2.75, 3.05) is 13.1 Å². The Kier molecular flexibility index (Phi) is 4.70. The average Bonchev–Trinajstić information content (AvgIpc) is 3.17. The number of amides is 1. The summed E-state index contributed by atoms with van der Waals surface area (Å²) in [5.74, 6) is 3.26. The summed E-state index contributed by atoms with van der Waals surface area (Å²) in [6.07, 6.45) is 13.3. The number of aromatic nitrogens is 3. The second-order valence-corrected chi connectivity index (χ2v) is 6.35. The topological polar surface area (TPSA) is 75.7 Å². The maximum atomic E-state index is 12.5. The third kappa shape index (κ3) is 4.15. The van der Waals surface area contributed by atoms with E-state index in [0.29, 0.717) is 25.2 Å². The van der Waals surface area contributed by atoms with E-state index in [1.807, 2.05) is 9.58 Å². The van der Waals surface area contributed by atoms with Crippen molar-refractivity contribution in [3.05, 3.63) is 12.7 Å². The minimum Gasteiger partial charge on any atom is -0.342 e. The predicted octanol–water partition coefficient (Wildman–Crippen LogP) is 1.87. The first-order valence-electron chi connectivity index (χ1n) is 8.18. The van der Waals surface area contributed by atoms with Gasteiger partial charge in [-0.3, -0.25) is 9.48 Å². The second kappa shape index (κ2) is 6.90. The van der Waals surface area contributed by atoms with Crippen LogP contribution in [0.4, 0.5) is 0 Å². The highest BCUT2D eigenvalue weighted by Gasteiger charge is 2.39. The van der Waals surface area contributed by atoms with Crippen LogP contribution in [0.5, 0.6) is 0 Å². The molecule has 0 N–H and O–H groups in total. The van der Waals surface area contributed by atoms with E-state index in [9.17, 15) is 4.79 Å². The smallest absolute Gasteiger partial charge is 0.222 e. The first-order chi connectivity index (χ1) is 11.2. The maximum Gasteiger partial charge on any atom is 0.222 e. The van der Waals surface area contributed by atoms with Crippen LogP contribution >= 0.6 is 0 Å². The van der Waals surface area contributed by atoms with Crippen LogP contribution < -0.4 is 0 Å². The van der Waals surface area contributed by atoms with E-state index in [1.165, 1.54) is 0 Å². The van der Waals surface area contributed by atoms with Gasteiger partial charge in [-0.1, -0.05) is 0 Å². The lowest BCUT2D eigenvalue weighted by molar-refractivity contribution is -0.133. The minimum absolute atomic E-state index is 0.200. The number of hydrogen-bond acceptors (Lipinski definition) is 5. The molecule has 0 bridgehead atoms. The molecule has 1 saturated heterocycles. The van der Waals surface area contributed by atoms with Gasteiger partial charge in [-0.25, -0.2) is 4.98 Å². The van der Waals surface area contributed by atoms with Crippen LogP contribution in [-0.2, 0) is 11.3 Å². The fourth-order valence-corrected chi connectivity index (χ4v) is 3.17. The van der Waals surface area contributed by atoms with Gasteiger partial charge < -0.3 is 4.90 Å². The van der Waals surface area contributed by atoms with Gasteiger partial charge in [0.2, 0.25) is 5.91 Å². The van der Waals surface area contributed by atoms with E-state index in [-0.39, 0.29) is 11.6 Å². The summed E-state index contributed by atoms with van der Waals surface area (Å²) in [6.45, 7) is 2.46. The minimum atomic E-state index is -0.363. The summed E-state index contributed by atoms with van der Waals surface area (Å²) < 4.78 is 1.84. The van der Waals surface area contributed by atoms with Crippen molar-refractivity contribution in [3.8, 4) is 12.3 Å². The molecule has 2 aliphatic rings. The highest BCUT2D eigenvalue weighted by Crippen LogP contribution is 2.37. The van der Waals surface area contributed by atoms with E-state index in [2.05, 4.69) is 26.2 Å². The molecule has 0 saturated carbocycles. The zero-order valence-corrected chi connectivity index (χ0v) is 13.3. The molecule has 1 unspecified atom stereocenters. The molecule has 1 atom stereocenters. The van der Waals surface area contributed by atoms with Crippen molar-refractivity contribution in [3.63, 3.8) is 0 Å². The van der Waals surface area contributed by atoms with Crippen LogP contribution in [0.25, 0.3) is 0 Å². The van der Waals surface area contributed by atoms with Gasteiger partial charge in [0, 0.05) is 45.3 Å². The Balaban J connectivity index is 1.45. The van der Waals surface area contributed by atoms with E-state index in [0.717, 1.165) is 38.9 Å². The molecule has 1 aromatic rings. The van der Waals surface area contributed by atoms with Crippen LogP contribution in [0.1, 0.15) is 38.5 Å².